The zero-order valence-corrected chi connectivity index (χ0v) is 14.6. The number of carbonyl (C=O) groups is 1. The number of aliphatic imine (C=N–C) groups is 1. The lowest BCUT2D eigenvalue weighted by Gasteiger charge is -2.33. The van der Waals surface area contributed by atoms with E-state index >= 15 is 0 Å². The van der Waals surface area contributed by atoms with Crippen molar-refractivity contribution in [1.82, 2.24) is 4.90 Å². The lowest BCUT2D eigenvalue weighted by atomic mass is 9.93. The van der Waals surface area contributed by atoms with Crippen molar-refractivity contribution in [2.45, 2.75) is 79.8 Å². The van der Waals surface area contributed by atoms with Gasteiger partial charge in [0, 0.05) is 17.5 Å². The molecule has 0 aliphatic carbocycles. The van der Waals surface area contributed by atoms with E-state index in [1.54, 1.807) is 0 Å². The van der Waals surface area contributed by atoms with Crippen LogP contribution in [0.1, 0.15) is 68.7 Å². The zero-order chi connectivity index (χ0) is 15.9. The monoisotopic (exact) mass is 278 g/mol. The Labute approximate surface area is 124 Å². The molecule has 1 amide bonds. The van der Waals surface area contributed by atoms with Gasteiger partial charge >= 0.3 is 0 Å². The van der Waals surface area contributed by atoms with E-state index < -0.39 is 0 Å². The topological polar surface area (TPSA) is 32.7 Å². The molecule has 1 aliphatic heterocycles. The first-order valence-corrected chi connectivity index (χ1v) is 7.36. The molecular formula is C17H30N2O. The molecule has 3 heteroatoms. The molecule has 0 atom stereocenters. The van der Waals surface area contributed by atoms with Crippen molar-refractivity contribution >= 4 is 11.7 Å². The fraction of sp³-hybridized carbons (Fsp3) is 0.765. The van der Waals surface area contributed by atoms with Crippen molar-refractivity contribution in [2.24, 2.45) is 10.4 Å². The van der Waals surface area contributed by atoms with Gasteiger partial charge in [0.2, 0.25) is 0 Å². The molecule has 114 valence electrons. The summed E-state index contributed by atoms with van der Waals surface area (Å²) in [6.07, 6.45) is 2.73. The molecule has 0 N–H and O–H groups in total. The van der Waals surface area contributed by atoms with Crippen LogP contribution in [0.5, 0.6) is 0 Å². The van der Waals surface area contributed by atoms with Crippen LogP contribution >= 0.6 is 0 Å². The molecule has 1 rings (SSSR count). The van der Waals surface area contributed by atoms with Gasteiger partial charge in [-0.25, -0.2) is 0 Å². The zero-order valence-electron chi connectivity index (χ0n) is 14.6. The van der Waals surface area contributed by atoms with Gasteiger partial charge in [0.05, 0.1) is 5.54 Å². The maximum absolute atomic E-state index is 12.7. The van der Waals surface area contributed by atoms with Crippen molar-refractivity contribution in [3.8, 4) is 0 Å². The van der Waals surface area contributed by atoms with Crippen LogP contribution < -0.4 is 0 Å². The minimum atomic E-state index is -0.241. The summed E-state index contributed by atoms with van der Waals surface area (Å²) in [6, 6.07) is 0. The molecule has 1 fully saturated rings. The quantitative estimate of drug-likeness (QED) is 0.612. The second kappa shape index (κ2) is 5.01. The third-order valence-corrected chi connectivity index (χ3v) is 2.83. The van der Waals surface area contributed by atoms with Crippen LogP contribution in [0.15, 0.2) is 16.6 Å². The fourth-order valence-corrected chi connectivity index (χ4v) is 2.39. The molecule has 1 heterocycles. The minimum Gasteiger partial charge on any atom is -0.291 e. The molecule has 0 spiro atoms. The average Bonchev–Trinajstić information content (AvgIpc) is 2.35. The van der Waals surface area contributed by atoms with Gasteiger partial charge in [-0.1, -0.05) is 26.8 Å². The molecule has 0 aromatic carbocycles. The summed E-state index contributed by atoms with van der Waals surface area (Å²) < 4.78 is 0. The largest absolute Gasteiger partial charge is 0.291 e. The van der Waals surface area contributed by atoms with Crippen molar-refractivity contribution in [1.29, 1.82) is 0 Å². The predicted molar refractivity (Wildman–Crippen MR) is 85.9 cm³/mol. The van der Waals surface area contributed by atoms with Gasteiger partial charge in [-0.05, 0) is 47.0 Å². The van der Waals surface area contributed by atoms with Crippen LogP contribution in [0.25, 0.3) is 0 Å². The Morgan fingerprint density at radius 2 is 1.50 bits per heavy atom. The van der Waals surface area contributed by atoms with Gasteiger partial charge in [-0.2, -0.15) is 0 Å². The Morgan fingerprint density at radius 1 is 1.00 bits per heavy atom. The summed E-state index contributed by atoms with van der Waals surface area (Å²) in [5, 5.41) is 0. The third kappa shape index (κ3) is 4.46. The van der Waals surface area contributed by atoms with Crippen LogP contribution in [0.3, 0.4) is 0 Å². The normalized spacial score (nSPS) is 22.2. The molecule has 0 unspecified atom stereocenters. The van der Waals surface area contributed by atoms with E-state index in [1.165, 1.54) is 0 Å². The Balaban J connectivity index is 3.30. The highest BCUT2D eigenvalue weighted by atomic mass is 16.2. The standard InChI is InChI=1S/C17H30N2O/c1-15(2,3)11-12-10-13(18-16(4,5)6)19(14(12)20)17(7,8)9/h11H,10H2,1-9H3/b12-11+,18-13?. The van der Waals surface area contributed by atoms with Crippen molar-refractivity contribution in [2.75, 3.05) is 0 Å². The summed E-state index contributed by atoms with van der Waals surface area (Å²) in [5.41, 5.74) is 0.465. The summed E-state index contributed by atoms with van der Waals surface area (Å²) in [4.78, 5) is 19.3. The number of amides is 1. The molecular weight excluding hydrogens is 248 g/mol. The summed E-state index contributed by atoms with van der Waals surface area (Å²) in [7, 11) is 0. The number of amidine groups is 1. The molecule has 1 saturated heterocycles. The number of hydrogen-bond donors (Lipinski definition) is 0. The fourth-order valence-electron chi connectivity index (χ4n) is 2.39. The first-order valence-electron chi connectivity index (χ1n) is 7.36. The van der Waals surface area contributed by atoms with Crippen molar-refractivity contribution in [3.63, 3.8) is 0 Å². The van der Waals surface area contributed by atoms with E-state index in [4.69, 9.17) is 4.99 Å². The number of carbonyl (C=O) groups excluding carboxylic acids is 1. The smallest absolute Gasteiger partial charge is 0.255 e. The number of nitrogens with zero attached hydrogens (tertiary/aromatic N) is 2. The number of rotatable bonds is 0. The Hall–Kier alpha value is -1.12. The minimum absolute atomic E-state index is 0.00568. The molecule has 20 heavy (non-hydrogen) atoms. The second-order valence-electron chi connectivity index (χ2n) is 8.72. The van der Waals surface area contributed by atoms with Crippen LogP contribution in [0.2, 0.25) is 0 Å². The lowest BCUT2D eigenvalue weighted by Crippen LogP contribution is -2.45. The Morgan fingerprint density at radius 3 is 1.85 bits per heavy atom. The van der Waals surface area contributed by atoms with E-state index in [1.807, 2.05) is 4.90 Å². The lowest BCUT2D eigenvalue weighted by molar-refractivity contribution is -0.125. The predicted octanol–water partition coefficient (Wildman–Crippen LogP) is 4.19. The van der Waals surface area contributed by atoms with Crippen LogP contribution in [0, 0.1) is 5.41 Å². The maximum Gasteiger partial charge on any atom is 0.255 e. The highest BCUT2D eigenvalue weighted by Crippen LogP contribution is 2.32. The number of hydrogen-bond acceptors (Lipinski definition) is 2. The summed E-state index contributed by atoms with van der Waals surface area (Å²) >= 11 is 0. The first kappa shape index (κ1) is 16.9. The van der Waals surface area contributed by atoms with E-state index in [-0.39, 0.29) is 22.4 Å². The van der Waals surface area contributed by atoms with E-state index in [0.717, 1.165) is 11.4 Å². The molecule has 3 nitrogen and oxygen atoms in total. The maximum atomic E-state index is 12.7. The van der Waals surface area contributed by atoms with E-state index in [2.05, 4.69) is 68.4 Å². The van der Waals surface area contributed by atoms with E-state index in [9.17, 15) is 4.79 Å². The highest BCUT2D eigenvalue weighted by Gasteiger charge is 2.40. The van der Waals surface area contributed by atoms with Gasteiger partial charge in [0.25, 0.3) is 5.91 Å². The third-order valence-electron chi connectivity index (χ3n) is 2.83. The number of allylic oxidation sites excluding steroid dienone is 1. The van der Waals surface area contributed by atoms with Crippen molar-refractivity contribution in [3.05, 3.63) is 11.6 Å². The van der Waals surface area contributed by atoms with Gasteiger partial charge in [0.15, 0.2) is 0 Å². The van der Waals surface area contributed by atoms with E-state index in [0.29, 0.717) is 6.42 Å². The second-order valence-corrected chi connectivity index (χ2v) is 8.72. The summed E-state index contributed by atoms with van der Waals surface area (Å²) in [6.45, 7) is 18.7. The van der Waals surface area contributed by atoms with Crippen LogP contribution in [-0.4, -0.2) is 27.7 Å². The molecule has 0 aromatic rings. The van der Waals surface area contributed by atoms with Gasteiger partial charge in [0.1, 0.15) is 5.84 Å². The SMILES string of the molecule is CC(C)(C)/C=C1\CC(=NC(C)(C)C)N(C(C)(C)C)C1=O. The molecule has 0 radical (unpaired) electrons. The first-order chi connectivity index (χ1) is 8.71. The Kier molecular flexibility index (Phi) is 4.24. The van der Waals surface area contributed by atoms with Gasteiger partial charge < -0.3 is 0 Å². The molecule has 1 aliphatic rings. The average molecular weight is 278 g/mol. The molecule has 0 aromatic heterocycles. The van der Waals surface area contributed by atoms with Gasteiger partial charge in [-0.3, -0.25) is 14.7 Å². The highest BCUT2D eigenvalue weighted by molar-refractivity contribution is 6.15. The van der Waals surface area contributed by atoms with Crippen molar-refractivity contribution < 1.29 is 4.79 Å². The van der Waals surface area contributed by atoms with Crippen LogP contribution in [-0.2, 0) is 4.79 Å². The Bertz CT molecular complexity index is 451. The van der Waals surface area contributed by atoms with Gasteiger partial charge in [-0.15, -0.1) is 0 Å². The number of likely N-dealkylation sites (tertiary alicyclic amines) is 1. The summed E-state index contributed by atoms with van der Waals surface area (Å²) in [5.74, 6) is 1.00. The molecule has 0 bridgehead atoms. The van der Waals surface area contributed by atoms with Crippen LogP contribution in [0.4, 0.5) is 0 Å². The molecule has 0 saturated carbocycles.